The van der Waals surface area contributed by atoms with Gasteiger partial charge in [-0.2, -0.15) is 9.97 Å². The summed E-state index contributed by atoms with van der Waals surface area (Å²) in [7, 11) is -4.26. The van der Waals surface area contributed by atoms with Gasteiger partial charge in [-0.05, 0) is 19.3 Å². The van der Waals surface area contributed by atoms with Crippen LogP contribution in [0.15, 0.2) is 6.33 Å². The number of hydrogen-bond acceptors (Lipinski definition) is 7. The number of ether oxygens (including phenoxy) is 1. The fraction of sp³-hybridized carbons (Fsp3) is 0.615. The summed E-state index contributed by atoms with van der Waals surface area (Å²) < 4.78 is 18.4. The maximum absolute atomic E-state index is 11.4. The van der Waals surface area contributed by atoms with Gasteiger partial charge in [0.15, 0.2) is 22.8 Å². The Balaban J connectivity index is 1.59. The van der Waals surface area contributed by atoms with Gasteiger partial charge in [-0.25, -0.2) is 4.98 Å². The van der Waals surface area contributed by atoms with Crippen LogP contribution >= 0.6 is 30.2 Å². The molecule has 0 spiro atoms. The van der Waals surface area contributed by atoms with E-state index in [1.54, 1.807) is 6.33 Å². The van der Waals surface area contributed by atoms with Crippen LogP contribution in [0, 0.1) is 5.92 Å². The summed E-state index contributed by atoms with van der Waals surface area (Å²) in [4.78, 5) is 31.6. The Bertz CT molecular complexity index is 852. The number of nitrogens with two attached hydrogens (primary N) is 1. The van der Waals surface area contributed by atoms with Crippen LogP contribution in [0.2, 0.25) is 0 Å². The van der Waals surface area contributed by atoms with E-state index in [2.05, 4.69) is 42.9 Å². The van der Waals surface area contributed by atoms with E-state index in [-0.39, 0.29) is 22.4 Å². The number of nitrogen functional groups attached to an aromatic ring is 1. The third-order valence-corrected chi connectivity index (χ3v) is 6.76. The molecule has 2 aromatic rings. The molecule has 1 saturated heterocycles. The Kier molecular flexibility index (Phi) is 4.39. The fourth-order valence-corrected chi connectivity index (χ4v) is 4.87. The van der Waals surface area contributed by atoms with E-state index < -0.39 is 13.4 Å². The molecule has 3 atom stereocenters. The number of anilines is 2. The second kappa shape index (κ2) is 6.31. The molecule has 3 heterocycles. The highest BCUT2D eigenvalue weighted by molar-refractivity contribution is 14.1. The monoisotopic (exact) mass is 480 g/mol. The molecule has 1 aliphatic carbocycles. The second-order valence-corrected chi connectivity index (χ2v) is 9.43. The molecular weight excluding hydrogens is 462 g/mol. The summed E-state index contributed by atoms with van der Waals surface area (Å²) in [6, 6.07) is 0.411. The zero-order chi connectivity index (χ0) is 17.8. The molecule has 0 amide bonds. The van der Waals surface area contributed by atoms with Crippen LogP contribution in [0.5, 0.6) is 0 Å². The van der Waals surface area contributed by atoms with Crippen LogP contribution in [0.25, 0.3) is 11.2 Å². The first-order valence-electron chi connectivity index (χ1n) is 7.91. The quantitative estimate of drug-likeness (QED) is 0.282. The summed E-state index contributed by atoms with van der Waals surface area (Å²) >= 11 is 2.07. The van der Waals surface area contributed by atoms with Crippen molar-refractivity contribution in [3.05, 3.63) is 6.33 Å². The lowest BCUT2D eigenvalue weighted by atomic mass is 10.1. The van der Waals surface area contributed by atoms with Crippen molar-refractivity contribution in [2.24, 2.45) is 5.92 Å². The van der Waals surface area contributed by atoms with Crippen LogP contribution in [0.3, 0.4) is 0 Å². The molecule has 2 aliphatic rings. The molecule has 0 radical (unpaired) electrons. The zero-order valence-corrected chi connectivity index (χ0v) is 16.2. The van der Waals surface area contributed by atoms with E-state index in [1.165, 1.54) is 0 Å². The maximum atomic E-state index is 11.4. The number of alkyl halides is 1. The Morgan fingerprint density at radius 3 is 2.84 bits per heavy atom. The molecule has 0 bridgehead atoms. The Hall–Kier alpha value is -1.01. The maximum Gasteiger partial charge on any atom is 0.354 e. The molecule has 5 N–H and O–H groups in total. The summed E-state index contributed by atoms with van der Waals surface area (Å²) in [6.45, 7) is 0.486. The molecule has 4 rings (SSSR count). The molecule has 25 heavy (non-hydrogen) atoms. The highest BCUT2D eigenvalue weighted by atomic mass is 127. The highest BCUT2D eigenvalue weighted by Crippen LogP contribution is 2.51. The number of fused-ring (bicyclic) bond motifs is 1. The van der Waals surface area contributed by atoms with E-state index in [9.17, 15) is 14.4 Å². The number of hydrogen-bond donors (Lipinski definition) is 4. The molecule has 1 saturated carbocycles. The Labute approximate surface area is 156 Å². The average molecular weight is 480 g/mol. The van der Waals surface area contributed by atoms with Crippen molar-refractivity contribution in [2.75, 3.05) is 11.1 Å². The summed E-state index contributed by atoms with van der Waals surface area (Å²) in [5, 5.41) is 3.31. The topological polar surface area (TPSA) is 148 Å². The lowest BCUT2D eigenvalue weighted by Crippen LogP contribution is -2.15. The second-order valence-electron chi connectivity index (χ2n) is 6.44. The van der Waals surface area contributed by atoms with E-state index in [0.717, 1.165) is 12.8 Å². The molecular formula is C13H18IN6O4P. The van der Waals surface area contributed by atoms with Gasteiger partial charge < -0.3 is 30.1 Å². The van der Waals surface area contributed by atoms with Gasteiger partial charge in [0.1, 0.15) is 4.11 Å². The van der Waals surface area contributed by atoms with Crippen molar-refractivity contribution in [3.63, 3.8) is 0 Å². The van der Waals surface area contributed by atoms with E-state index in [4.69, 9.17) is 10.5 Å². The van der Waals surface area contributed by atoms with E-state index in [1.807, 2.05) is 4.57 Å². The van der Waals surface area contributed by atoms with Gasteiger partial charge in [0.05, 0.1) is 6.33 Å². The standard InChI is InChI=1S/C13H18IN6O4P/c14-10-6(3-8(24-10)25(21,22)23)4-20-5-16-9-11(17-7-1-2-7)18-13(15)19-12(9)20/h5-8,10H,1-4H2,(H2,21,22,23)(H3,15,17,18,19)/t6-,8-,10-/m0/s1. The minimum Gasteiger partial charge on any atom is -0.368 e. The van der Waals surface area contributed by atoms with Crippen LogP contribution < -0.4 is 11.1 Å². The van der Waals surface area contributed by atoms with Gasteiger partial charge >= 0.3 is 7.60 Å². The van der Waals surface area contributed by atoms with Crippen molar-refractivity contribution < 1.29 is 19.1 Å². The summed E-state index contributed by atoms with van der Waals surface area (Å²) in [6.07, 6.45) is 4.15. The van der Waals surface area contributed by atoms with Crippen LogP contribution in [-0.4, -0.2) is 45.3 Å². The van der Waals surface area contributed by atoms with E-state index in [0.29, 0.717) is 29.6 Å². The van der Waals surface area contributed by atoms with Crippen LogP contribution in [0.1, 0.15) is 19.3 Å². The van der Waals surface area contributed by atoms with Gasteiger partial charge in [0.2, 0.25) is 5.95 Å². The highest BCUT2D eigenvalue weighted by Gasteiger charge is 2.43. The van der Waals surface area contributed by atoms with Gasteiger partial charge in [-0.3, -0.25) is 4.57 Å². The summed E-state index contributed by atoms with van der Waals surface area (Å²) in [5.74, 6) is -0.322. The number of nitrogens with one attached hydrogen (secondary N) is 1. The first kappa shape index (κ1) is 17.4. The minimum absolute atomic E-state index is 0.0633. The van der Waals surface area contributed by atoms with Gasteiger partial charge in [0.25, 0.3) is 0 Å². The SMILES string of the molecule is Nc1nc(NC2CC2)c2ncn(C[C@@H]3C[C@H](P(=O)(O)O)O[C@@H]3I)c2n1. The molecule has 2 aromatic heterocycles. The molecule has 0 aromatic carbocycles. The van der Waals surface area contributed by atoms with Crippen molar-refractivity contribution >= 4 is 53.1 Å². The minimum atomic E-state index is -4.26. The molecule has 136 valence electrons. The van der Waals surface area contributed by atoms with Crippen LogP contribution in [0.4, 0.5) is 11.8 Å². The fourth-order valence-electron chi connectivity index (χ4n) is 2.93. The lowest BCUT2D eigenvalue weighted by Gasteiger charge is -2.13. The van der Waals surface area contributed by atoms with E-state index >= 15 is 0 Å². The Morgan fingerprint density at radius 2 is 2.20 bits per heavy atom. The van der Waals surface area contributed by atoms with Gasteiger partial charge in [-0.15, -0.1) is 0 Å². The van der Waals surface area contributed by atoms with Crippen molar-refractivity contribution in [3.8, 4) is 0 Å². The molecule has 10 nitrogen and oxygen atoms in total. The number of imidazole rings is 1. The van der Waals surface area contributed by atoms with Gasteiger partial charge in [0, 0.05) is 18.5 Å². The first-order valence-corrected chi connectivity index (χ1v) is 10.8. The smallest absolute Gasteiger partial charge is 0.354 e. The third-order valence-electron chi connectivity index (χ3n) is 4.37. The largest absolute Gasteiger partial charge is 0.368 e. The van der Waals surface area contributed by atoms with Crippen molar-refractivity contribution in [1.82, 2.24) is 19.5 Å². The van der Waals surface area contributed by atoms with Crippen molar-refractivity contribution in [1.29, 1.82) is 0 Å². The predicted octanol–water partition coefficient (Wildman–Crippen LogP) is 1.28. The zero-order valence-electron chi connectivity index (χ0n) is 13.1. The molecule has 1 aliphatic heterocycles. The normalized spacial score (nSPS) is 27.1. The van der Waals surface area contributed by atoms with Gasteiger partial charge in [-0.1, -0.05) is 22.6 Å². The lowest BCUT2D eigenvalue weighted by molar-refractivity contribution is 0.121. The number of rotatable bonds is 5. The average Bonchev–Trinajstić information content (AvgIpc) is 3.12. The molecule has 2 fully saturated rings. The molecule has 0 unspecified atom stereocenters. The van der Waals surface area contributed by atoms with Crippen molar-refractivity contribution in [2.45, 2.75) is 41.8 Å². The number of aromatic nitrogens is 4. The third kappa shape index (κ3) is 3.61. The predicted molar refractivity (Wildman–Crippen MR) is 99.2 cm³/mol. The Morgan fingerprint density at radius 1 is 1.44 bits per heavy atom. The van der Waals surface area contributed by atoms with Crippen LogP contribution in [-0.2, 0) is 15.8 Å². The molecule has 12 heteroatoms. The first-order chi connectivity index (χ1) is 11.8. The summed E-state index contributed by atoms with van der Waals surface area (Å²) in [5.41, 5.74) is 7.09. The number of nitrogens with zero attached hydrogens (tertiary/aromatic N) is 4. The number of halogens is 1.